The molecule has 0 bridgehead atoms. The van der Waals surface area contributed by atoms with E-state index >= 15 is 0 Å². The first-order valence-electron chi connectivity index (χ1n) is 9.11. The van der Waals surface area contributed by atoms with Gasteiger partial charge in [-0.2, -0.15) is 9.57 Å². The molecule has 3 rings (SSSR count). The molecule has 1 N–H and O–H groups in total. The molecular formula is C21H21N5O3S. The monoisotopic (exact) mass is 423 g/mol. The van der Waals surface area contributed by atoms with E-state index in [-0.39, 0.29) is 11.4 Å². The Morgan fingerprint density at radius 3 is 2.43 bits per heavy atom. The van der Waals surface area contributed by atoms with Crippen molar-refractivity contribution in [2.75, 3.05) is 13.6 Å². The maximum Gasteiger partial charge on any atom is 0.243 e. The maximum absolute atomic E-state index is 12.8. The number of nitriles is 1. The van der Waals surface area contributed by atoms with Crippen molar-refractivity contribution >= 4 is 15.9 Å². The highest BCUT2D eigenvalue weighted by Gasteiger charge is 2.26. The molecule has 1 unspecified atom stereocenters. The molecule has 0 fully saturated rings. The van der Waals surface area contributed by atoms with E-state index in [1.54, 1.807) is 17.0 Å². The molecule has 1 heterocycles. The minimum Gasteiger partial charge on any atom is -0.341 e. The molecule has 0 aliphatic rings. The molecule has 9 heteroatoms. The Morgan fingerprint density at radius 2 is 1.87 bits per heavy atom. The Labute approximate surface area is 175 Å². The molecule has 1 amide bonds. The number of aryl methyl sites for hydroxylation is 1. The number of sulfonamides is 1. The predicted molar refractivity (Wildman–Crippen MR) is 111 cm³/mol. The fourth-order valence-corrected chi connectivity index (χ4v) is 4.10. The fourth-order valence-electron chi connectivity index (χ4n) is 2.97. The number of hydrogen-bond acceptors (Lipinski definition) is 5. The number of benzene rings is 2. The van der Waals surface area contributed by atoms with Gasteiger partial charge in [0.15, 0.2) is 0 Å². The van der Waals surface area contributed by atoms with E-state index < -0.39 is 22.0 Å². The average Bonchev–Trinajstić information content (AvgIpc) is 3.18. The summed E-state index contributed by atoms with van der Waals surface area (Å²) in [6.07, 6.45) is 3.41. The Balaban J connectivity index is 1.78. The predicted octanol–water partition coefficient (Wildman–Crippen LogP) is 1.82. The van der Waals surface area contributed by atoms with Gasteiger partial charge in [-0.3, -0.25) is 4.79 Å². The first-order valence-corrected chi connectivity index (χ1v) is 10.5. The number of carbonyl (C=O) groups excluding carboxylic acids is 1. The van der Waals surface area contributed by atoms with E-state index in [0.717, 1.165) is 9.87 Å². The van der Waals surface area contributed by atoms with Crippen LogP contribution in [0.2, 0.25) is 0 Å². The second kappa shape index (κ2) is 8.90. The Hall–Kier alpha value is -3.48. The lowest BCUT2D eigenvalue weighted by atomic mass is 10.1. The van der Waals surface area contributed by atoms with Gasteiger partial charge < -0.3 is 9.88 Å². The van der Waals surface area contributed by atoms with Crippen LogP contribution in [0.3, 0.4) is 0 Å². The van der Waals surface area contributed by atoms with Crippen LogP contribution in [0.25, 0.3) is 0 Å². The molecule has 0 saturated heterocycles. The quantitative estimate of drug-likeness (QED) is 0.624. The van der Waals surface area contributed by atoms with Crippen LogP contribution < -0.4 is 5.32 Å². The molecule has 0 radical (unpaired) electrons. The summed E-state index contributed by atoms with van der Waals surface area (Å²) in [4.78, 5) is 17.1. The molecule has 1 aromatic heterocycles. The van der Waals surface area contributed by atoms with Crippen LogP contribution in [0.5, 0.6) is 0 Å². The zero-order valence-electron chi connectivity index (χ0n) is 16.6. The summed E-state index contributed by atoms with van der Waals surface area (Å²) in [5, 5.41) is 11.7. The van der Waals surface area contributed by atoms with Crippen molar-refractivity contribution in [1.82, 2.24) is 19.2 Å². The third kappa shape index (κ3) is 4.56. The molecular weight excluding hydrogens is 402 g/mol. The highest BCUT2D eigenvalue weighted by atomic mass is 32.2. The van der Waals surface area contributed by atoms with Gasteiger partial charge in [0.05, 0.1) is 23.1 Å². The molecule has 2 aromatic carbocycles. The van der Waals surface area contributed by atoms with Gasteiger partial charge in [-0.25, -0.2) is 13.4 Å². The minimum absolute atomic E-state index is 0.0144. The van der Waals surface area contributed by atoms with Crippen LogP contribution in [0.1, 0.15) is 23.0 Å². The van der Waals surface area contributed by atoms with Gasteiger partial charge in [-0.15, -0.1) is 0 Å². The van der Waals surface area contributed by atoms with Gasteiger partial charge >= 0.3 is 0 Å². The number of aromatic nitrogens is 2. The molecule has 0 saturated carbocycles. The summed E-state index contributed by atoms with van der Waals surface area (Å²) in [5.41, 5.74) is 1.19. The van der Waals surface area contributed by atoms with Crippen molar-refractivity contribution in [1.29, 1.82) is 5.26 Å². The third-order valence-corrected chi connectivity index (χ3v) is 6.43. The minimum atomic E-state index is -3.88. The molecule has 0 spiro atoms. The molecule has 0 aliphatic heterocycles. The zero-order chi connectivity index (χ0) is 21.7. The van der Waals surface area contributed by atoms with Gasteiger partial charge in [0.2, 0.25) is 15.9 Å². The van der Waals surface area contributed by atoms with Crippen LogP contribution in [-0.4, -0.2) is 41.8 Å². The highest BCUT2D eigenvalue weighted by molar-refractivity contribution is 7.89. The normalized spacial score (nSPS) is 12.3. The SMILES string of the molecule is CN(CC(=O)NC(c1ccccc1)c1nccn1C)S(=O)(=O)c1ccc(C#N)cc1. The molecule has 3 aromatic rings. The van der Waals surface area contributed by atoms with E-state index in [4.69, 9.17) is 5.26 Å². The largest absolute Gasteiger partial charge is 0.341 e. The Kier molecular flexibility index (Phi) is 6.30. The van der Waals surface area contributed by atoms with Crippen LogP contribution in [0, 0.1) is 11.3 Å². The summed E-state index contributed by atoms with van der Waals surface area (Å²) in [5.74, 6) is 0.165. The van der Waals surface area contributed by atoms with E-state index in [2.05, 4.69) is 10.3 Å². The summed E-state index contributed by atoms with van der Waals surface area (Å²) >= 11 is 0. The Bertz CT molecular complexity index is 1170. The second-order valence-electron chi connectivity index (χ2n) is 6.70. The molecule has 8 nitrogen and oxygen atoms in total. The van der Waals surface area contributed by atoms with Gasteiger partial charge in [0.25, 0.3) is 0 Å². The first kappa shape index (κ1) is 21.2. The van der Waals surface area contributed by atoms with Crippen molar-refractivity contribution in [3.05, 3.63) is 83.9 Å². The topological polar surface area (TPSA) is 108 Å². The van der Waals surface area contributed by atoms with Crippen LogP contribution >= 0.6 is 0 Å². The zero-order valence-corrected chi connectivity index (χ0v) is 17.4. The van der Waals surface area contributed by atoms with Gasteiger partial charge in [-0.05, 0) is 29.8 Å². The van der Waals surface area contributed by atoms with Crippen LogP contribution in [0.4, 0.5) is 0 Å². The number of nitrogens with one attached hydrogen (secondary N) is 1. The number of likely N-dealkylation sites (N-methyl/N-ethyl adjacent to an activating group) is 1. The lowest BCUT2D eigenvalue weighted by molar-refractivity contribution is -0.121. The van der Waals surface area contributed by atoms with E-state index in [9.17, 15) is 13.2 Å². The molecule has 1 atom stereocenters. The standard InChI is InChI=1S/C21H21N5O3S/c1-25-13-12-23-21(25)20(17-6-4-3-5-7-17)24-19(27)15-26(2)30(28,29)18-10-8-16(14-22)9-11-18/h3-13,20H,15H2,1-2H3,(H,24,27). The fraction of sp³-hybridized carbons (Fsp3) is 0.190. The van der Waals surface area contributed by atoms with Crippen LogP contribution in [0.15, 0.2) is 71.9 Å². The van der Waals surface area contributed by atoms with E-state index in [1.165, 1.54) is 31.3 Å². The number of rotatable bonds is 7. The highest BCUT2D eigenvalue weighted by Crippen LogP contribution is 2.20. The number of nitrogens with zero attached hydrogens (tertiary/aromatic N) is 4. The number of hydrogen-bond donors (Lipinski definition) is 1. The van der Waals surface area contributed by atoms with Crippen LogP contribution in [-0.2, 0) is 21.9 Å². The lowest BCUT2D eigenvalue weighted by Gasteiger charge is -2.22. The Morgan fingerprint density at radius 1 is 1.20 bits per heavy atom. The molecule has 154 valence electrons. The summed E-state index contributed by atoms with van der Waals surface area (Å²) in [6.45, 7) is -0.365. The van der Waals surface area contributed by atoms with E-state index in [1.807, 2.05) is 43.4 Å². The first-order chi connectivity index (χ1) is 14.3. The number of imidazole rings is 1. The lowest BCUT2D eigenvalue weighted by Crippen LogP contribution is -2.40. The number of amides is 1. The maximum atomic E-state index is 12.8. The smallest absolute Gasteiger partial charge is 0.243 e. The van der Waals surface area contributed by atoms with Crippen molar-refractivity contribution < 1.29 is 13.2 Å². The van der Waals surface area contributed by atoms with Gasteiger partial charge in [0.1, 0.15) is 11.9 Å². The summed E-state index contributed by atoms with van der Waals surface area (Å²) in [6, 6.07) is 16.3. The van der Waals surface area contributed by atoms with Crippen molar-refractivity contribution in [2.45, 2.75) is 10.9 Å². The summed E-state index contributed by atoms with van der Waals surface area (Å²) < 4.78 is 28.3. The van der Waals surface area contributed by atoms with Crippen molar-refractivity contribution in [3.8, 4) is 6.07 Å². The van der Waals surface area contributed by atoms with Crippen molar-refractivity contribution in [2.24, 2.45) is 7.05 Å². The number of carbonyl (C=O) groups is 1. The van der Waals surface area contributed by atoms with Gasteiger partial charge in [-0.1, -0.05) is 30.3 Å². The molecule has 0 aliphatic carbocycles. The molecule has 30 heavy (non-hydrogen) atoms. The van der Waals surface area contributed by atoms with E-state index in [0.29, 0.717) is 11.4 Å². The van der Waals surface area contributed by atoms with Gasteiger partial charge in [0, 0.05) is 26.5 Å². The summed E-state index contributed by atoms with van der Waals surface area (Å²) in [7, 11) is -0.715. The third-order valence-electron chi connectivity index (χ3n) is 4.61. The second-order valence-corrected chi connectivity index (χ2v) is 8.75. The average molecular weight is 423 g/mol. The van der Waals surface area contributed by atoms with Crippen molar-refractivity contribution in [3.63, 3.8) is 0 Å².